The smallest absolute Gasteiger partial charge is 0.238 e. The quantitative estimate of drug-likeness (QED) is 0.682. The largest absolute Gasteiger partial charge is 0.351 e. The van der Waals surface area contributed by atoms with Crippen molar-refractivity contribution >= 4 is 15.7 Å². The summed E-state index contributed by atoms with van der Waals surface area (Å²) in [4.78, 5) is 16.2. The normalized spacial score (nSPS) is 31.1. The number of hydrogen-bond donors (Lipinski definition) is 3. The highest BCUT2D eigenvalue weighted by molar-refractivity contribution is 7.91. The molecule has 1 amide bonds. The number of sulfone groups is 1. The van der Waals surface area contributed by atoms with E-state index in [2.05, 4.69) is 21.2 Å². The molecule has 114 valence electrons. The van der Waals surface area contributed by atoms with Crippen LogP contribution in [-0.4, -0.2) is 42.9 Å². The predicted octanol–water partition coefficient (Wildman–Crippen LogP) is -0.707. The highest BCUT2D eigenvalue weighted by atomic mass is 32.2. The van der Waals surface area contributed by atoms with Crippen molar-refractivity contribution in [3.63, 3.8) is 0 Å². The summed E-state index contributed by atoms with van der Waals surface area (Å²) in [5.74, 6) is 0.0494. The van der Waals surface area contributed by atoms with Crippen LogP contribution in [0.15, 0.2) is 24.5 Å². The van der Waals surface area contributed by atoms with E-state index >= 15 is 0 Å². The zero-order valence-electron chi connectivity index (χ0n) is 11.5. The number of carbonyl (C=O) groups is 1. The van der Waals surface area contributed by atoms with E-state index < -0.39 is 9.84 Å². The van der Waals surface area contributed by atoms with E-state index in [9.17, 15) is 13.2 Å². The number of amides is 1. The number of rotatable bonds is 3. The molecule has 0 aromatic carbocycles. The Balaban J connectivity index is 1.55. The second-order valence-electron chi connectivity index (χ2n) is 5.52. The summed E-state index contributed by atoms with van der Waals surface area (Å²) in [6, 6.07) is 3.21. The number of hydrazine groups is 1. The molecule has 3 N–H and O–H groups in total. The number of aromatic nitrogens is 1. The van der Waals surface area contributed by atoms with Crippen LogP contribution in [0, 0.1) is 0 Å². The maximum Gasteiger partial charge on any atom is 0.238 e. The molecular weight excluding hydrogens is 292 g/mol. The summed E-state index contributed by atoms with van der Waals surface area (Å²) < 4.78 is 22.8. The number of hydrogen-bond acceptors (Lipinski definition) is 6. The van der Waals surface area contributed by atoms with Crippen LogP contribution in [0.25, 0.3) is 0 Å². The van der Waals surface area contributed by atoms with Crippen molar-refractivity contribution in [3.05, 3.63) is 30.1 Å². The van der Waals surface area contributed by atoms with Crippen molar-refractivity contribution in [1.29, 1.82) is 0 Å². The standard InChI is InChI=1S/C13H18N4O3S/c18-13(15-10-3-5-21(19,20)8-10)12-6-11(16-17-12)9-2-1-4-14-7-9/h1-2,4,7,10-12,16-17H,3,5-6,8H2,(H,15,18). The lowest BCUT2D eigenvalue weighted by Gasteiger charge is -2.14. The summed E-state index contributed by atoms with van der Waals surface area (Å²) in [7, 11) is -2.98. The lowest BCUT2D eigenvalue weighted by atomic mass is 10.0. The number of carbonyl (C=O) groups excluding carboxylic acids is 1. The molecule has 2 fully saturated rings. The average Bonchev–Trinajstić information content (AvgIpc) is 3.07. The van der Waals surface area contributed by atoms with Crippen molar-refractivity contribution in [3.8, 4) is 0 Å². The fraction of sp³-hybridized carbons (Fsp3) is 0.538. The third-order valence-corrected chi connectivity index (χ3v) is 5.65. The van der Waals surface area contributed by atoms with E-state index in [1.54, 1.807) is 12.4 Å². The molecule has 2 aliphatic rings. The van der Waals surface area contributed by atoms with Gasteiger partial charge in [0.25, 0.3) is 0 Å². The molecule has 2 saturated heterocycles. The van der Waals surface area contributed by atoms with Crippen molar-refractivity contribution in [1.82, 2.24) is 21.2 Å². The van der Waals surface area contributed by atoms with Gasteiger partial charge in [0.15, 0.2) is 9.84 Å². The van der Waals surface area contributed by atoms with Crippen LogP contribution in [0.5, 0.6) is 0 Å². The average molecular weight is 310 g/mol. The van der Waals surface area contributed by atoms with E-state index in [4.69, 9.17) is 0 Å². The molecule has 7 nitrogen and oxygen atoms in total. The van der Waals surface area contributed by atoms with Crippen LogP contribution < -0.4 is 16.2 Å². The molecule has 0 radical (unpaired) electrons. The van der Waals surface area contributed by atoms with E-state index in [-0.39, 0.29) is 35.5 Å². The molecule has 2 aliphatic heterocycles. The minimum absolute atomic E-state index is 0.0294. The van der Waals surface area contributed by atoms with Crippen molar-refractivity contribution in [2.24, 2.45) is 0 Å². The van der Waals surface area contributed by atoms with Gasteiger partial charge >= 0.3 is 0 Å². The van der Waals surface area contributed by atoms with E-state index in [0.717, 1.165) is 5.56 Å². The Kier molecular flexibility index (Phi) is 3.92. The third-order valence-electron chi connectivity index (χ3n) is 3.89. The highest BCUT2D eigenvalue weighted by Crippen LogP contribution is 2.21. The first-order chi connectivity index (χ1) is 10.0. The van der Waals surface area contributed by atoms with E-state index in [1.807, 2.05) is 12.1 Å². The molecule has 3 unspecified atom stereocenters. The lowest BCUT2D eigenvalue weighted by Crippen LogP contribution is -2.47. The van der Waals surface area contributed by atoms with Crippen LogP contribution in [0.3, 0.4) is 0 Å². The second kappa shape index (κ2) is 5.70. The van der Waals surface area contributed by atoms with Crippen LogP contribution in [0.1, 0.15) is 24.4 Å². The highest BCUT2D eigenvalue weighted by Gasteiger charge is 2.34. The molecule has 0 spiro atoms. The first-order valence-corrected chi connectivity index (χ1v) is 8.77. The Morgan fingerprint density at radius 1 is 1.38 bits per heavy atom. The molecule has 1 aromatic rings. The summed E-state index contributed by atoms with van der Waals surface area (Å²) in [6.45, 7) is 0. The number of nitrogens with one attached hydrogen (secondary N) is 3. The maximum atomic E-state index is 12.2. The summed E-state index contributed by atoms with van der Waals surface area (Å²) in [5, 5.41) is 2.81. The zero-order valence-corrected chi connectivity index (χ0v) is 12.3. The summed E-state index contributed by atoms with van der Waals surface area (Å²) >= 11 is 0. The van der Waals surface area contributed by atoms with E-state index in [0.29, 0.717) is 12.8 Å². The molecule has 0 bridgehead atoms. The van der Waals surface area contributed by atoms with Crippen LogP contribution in [0.2, 0.25) is 0 Å². The predicted molar refractivity (Wildman–Crippen MR) is 76.9 cm³/mol. The van der Waals surface area contributed by atoms with Gasteiger partial charge in [-0.3, -0.25) is 9.78 Å². The minimum Gasteiger partial charge on any atom is -0.351 e. The lowest BCUT2D eigenvalue weighted by molar-refractivity contribution is -0.123. The van der Waals surface area contributed by atoms with Crippen LogP contribution in [-0.2, 0) is 14.6 Å². The van der Waals surface area contributed by atoms with Gasteiger partial charge in [-0.1, -0.05) is 6.07 Å². The minimum atomic E-state index is -2.98. The van der Waals surface area contributed by atoms with Crippen LogP contribution >= 0.6 is 0 Å². The molecule has 21 heavy (non-hydrogen) atoms. The number of nitrogens with zero attached hydrogens (tertiary/aromatic N) is 1. The molecular formula is C13H18N4O3S. The molecule has 8 heteroatoms. The van der Waals surface area contributed by atoms with Crippen molar-refractivity contribution < 1.29 is 13.2 Å². The van der Waals surface area contributed by atoms with Crippen molar-refractivity contribution in [2.45, 2.75) is 31.0 Å². The topological polar surface area (TPSA) is 100 Å². The molecule has 3 heterocycles. The molecule has 3 rings (SSSR count). The second-order valence-corrected chi connectivity index (χ2v) is 7.75. The van der Waals surface area contributed by atoms with Crippen molar-refractivity contribution in [2.75, 3.05) is 11.5 Å². The Bertz CT molecular complexity index is 620. The first kappa shape index (κ1) is 14.4. The summed E-state index contributed by atoms with van der Waals surface area (Å²) in [5.41, 5.74) is 7.05. The van der Waals surface area contributed by atoms with E-state index in [1.165, 1.54) is 0 Å². The fourth-order valence-electron chi connectivity index (χ4n) is 2.74. The summed E-state index contributed by atoms with van der Waals surface area (Å²) in [6.07, 6.45) is 4.58. The number of pyridine rings is 1. The Morgan fingerprint density at radius 2 is 2.24 bits per heavy atom. The maximum absolute atomic E-state index is 12.2. The van der Waals surface area contributed by atoms with Gasteiger partial charge in [0.1, 0.15) is 6.04 Å². The van der Waals surface area contributed by atoms with Gasteiger partial charge in [-0.2, -0.15) is 0 Å². The first-order valence-electron chi connectivity index (χ1n) is 6.95. The van der Waals surface area contributed by atoms with Gasteiger partial charge in [-0.25, -0.2) is 19.3 Å². The molecule has 0 saturated carbocycles. The van der Waals surface area contributed by atoms with Gasteiger partial charge in [-0.05, 0) is 24.5 Å². The van der Waals surface area contributed by atoms with Crippen LogP contribution in [0.4, 0.5) is 0 Å². The molecule has 0 aliphatic carbocycles. The van der Waals surface area contributed by atoms with Gasteiger partial charge in [-0.15, -0.1) is 0 Å². The monoisotopic (exact) mass is 310 g/mol. The zero-order chi connectivity index (χ0) is 14.9. The van der Waals surface area contributed by atoms with Gasteiger partial charge in [0.05, 0.1) is 11.5 Å². The van der Waals surface area contributed by atoms with Gasteiger partial charge < -0.3 is 5.32 Å². The molecule has 3 atom stereocenters. The Labute approximate surface area is 123 Å². The van der Waals surface area contributed by atoms with Gasteiger partial charge in [0, 0.05) is 24.5 Å². The Morgan fingerprint density at radius 3 is 2.90 bits per heavy atom. The SMILES string of the molecule is O=C(NC1CCS(=O)(=O)C1)C1CC(c2cccnc2)NN1. The Hall–Kier alpha value is -1.51. The van der Waals surface area contributed by atoms with Gasteiger partial charge in [0.2, 0.25) is 5.91 Å². The third kappa shape index (κ3) is 3.39. The fourth-order valence-corrected chi connectivity index (χ4v) is 4.41. The molecule has 1 aromatic heterocycles.